The molecular formula is C24H23ClN2O4S. The van der Waals surface area contributed by atoms with E-state index in [0.717, 1.165) is 40.6 Å². The van der Waals surface area contributed by atoms with Crippen LogP contribution in [-0.2, 0) is 10.1 Å². The summed E-state index contributed by atoms with van der Waals surface area (Å²) in [5, 5.41) is 5.95. The van der Waals surface area contributed by atoms with Gasteiger partial charge >= 0.3 is 10.1 Å². The molecule has 5 rings (SSSR count). The zero-order valence-corrected chi connectivity index (χ0v) is 19.2. The molecule has 0 amide bonds. The molecule has 0 spiro atoms. The molecule has 1 aliphatic rings. The summed E-state index contributed by atoms with van der Waals surface area (Å²) in [6.45, 7) is 1.90. The van der Waals surface area contributed by atoms with E-state index >= 15 is 0 Å². The van der Waals surface area contributed by atoms with Gasteiger partial charge in [0, 0.05) is 11.5 Å². The van der Waals surface area contributed by atoms with E-state index < -0.39 is 10.1 Å². The third kappa shape index (κ3) is 4.49. The molecule has 0 radical (unpaired) electrons. The summed E-state index contributed by atoms with van der Waals surface area (Å²) in [7, 11) is -3.89. The van der Waals surface area contributed by atoms with Crippen LogP contribution in [0.3, 0.4) is 0 Å². The van der Waals surface area contributed by atoms with Crippen LogP contribution < -0.4 is 4.18 Å². The maximum Gasteiger partial charge on any atom is 0.339 e. The van der Waals surface area contributed by atoms with Gasteiger partial charge in [-0.25, -0.2) is 0 Å². The Morgan fingerprint density at radius 1 is 0.938 bits per heavy atom. The van der Waals surface area contributed by atoms with Gasteiger partial charge in [-0.05, 0) is 60.9 Å². The largest absolute Gasteiger partial charge is 0.379 e. The number of hydrogen-bond donors (Lipinski definition) is 0. The van der Waals surface area contributed by atoms with Gasteiger partial charge in [-0.15, -0.1) is 12.4 Å². The summed E-state index contributed by atoms with van der Waals surface area (Å²) in [5.74, 6) is 1.93. The van der Waals surface area contributed by atoms with Gasteiger partial charge in [0.15, 0.2) is 0 Å². The van der Waals surface area contributed by atoms with Crippen LogP contribution >= 0.6 is 12.4 Å². The van der Waals surface area contributed by atoms with Gasteiger partial charge in [0.25, 0.3) is 0 Å². The fourth-order valence-electron chi connectivity index (χ4n) is 3.99. The third-order valence-corrected chi connectivity index (χ3v) is 6.99. The first-order valence-corrected chi connectivity index (χ1v) is 11.8. The van der Waals surface area contributed by atoms with Crippen molar-refractivity contribution in [3.05, 3.63) is 72.1 Å². The lowest BCUT2D eigenvalue weighted by Crippen LogP contribution is -2.09. The Morgan fingerprint density at radius 2 is 1.62 bits per heavy atom. The molecule has 0 atom stereocenters. The highest BCUT2D eigenvalue weighted by Gasteiger charge is 2.23. The highest BCUT2D eigenvalue weighted by molar-refractivity contribution is 7.87. The molecule has 1 saturated carbocycles. The number of aryl methyl sites for hydroxylation is 1. The van der Waals surface area contributed by atoms with Crippen molar-refractivity contribution in [3.8, 4) is 17.1 Å². The number of nitrogens with zero attached hydrogens (tertiary/aromatic N) is 2. The first-order chi connectivity index (χ1) is 15.0. The van der Waals surface area contributed by atoms with Gasteiger partial charge in [-0.2, -0.15) is 13.4 Å². The topological polar surface area (TPSA) is 82.3 Å². The van der Waals surface area contributed by atoms with Crippen LogP contribution in [0, 0.1) is 6.92 Å². The van der Waals surface area contributed by atoms with E-state index in [9.17, 15) is 8.42 Å². The maximum absolute atomic E-state index is 12.6. The van der Waals surface area contributed by atoms with E-state index in [1.54, 1.807) is 36.4 Å². The first-order valence-electron chi connectivity index (χ1n) is 10.4. The molecule has 0 saturated heterocycles. The summed E-state index contributed by atoms with van der Waals surface area (Å²) >= 11 is 0. The van der Waals surface area contributed by atoms with Crippen molar-refractivity contribution >= 4 is 33.3 Å². The number of fused-ring (bicyclic) bond motifs is 1. The van der Waals surface area contributed by atoms with E-state index in [1.165, 1.54) is 12.8 Å². The van der Waals surface area contributed by atoms with E-state index in [4.69, 9.17) is 8.71 Å². The number of rotatable bonds is 5. The number of aromatic nitrogens is 2. The fourth-order valence-corrected chi connectivity index (χ4v) is 4.91. The zero-order chi connectivity index (χ0) is 21.4. The van der Waals surface area contributed by atoms with Crippen LogP contribution in [0.5, 0.6) is 5.75 Å². The molecule has 1 fully saturated rings. The second kappa shape index (κ2) is 8.92. The predicted octanol–water partition coefficient (Wildman–Crippen LogP) is 6.05. The Labute approximate surface area is 193 Å². The van der Waals surface area contributed by atoms with E-state index in [-0.39, 0.29) is 23.1 Å². The van der Waals surface area contributed by atoms with Gasteiger partial charge in [0.2, 0.25) is 11.7 Å². The smallest absolute Gasteiger partial charge is 0.339 e. The second-order valence-corrected chi connectivity index (χ2v) is 9.56. The summed E-state index contributed by atoms with van der Waals surface area (Å²) in [5.41, 5.74) is 1.85. The number of halogens is 1. The Hall–Kier alpha value is -2.90. The van der Waals surface area contributed by atoms with Crippen molar-refractivity contribution in [2.75, 3.05) is 0 Å². The lowest BCUT2D eigenvalue weighted by Gasteiger charge is -2.08. The molecule has 0 bridgehead atoms. The molecular weight excluding hydrogens is 448 g/mol. The van der Waals surface area contributed by atoms with Gasteiger partial charge in [0.05, 0.1) is 0 Å². The SMILES string of the molecule is Cc1ccc(S(=O)(=O)Oc2ccc3cc(-c4noc(C5CCCC5)n4)ccc3c2)cc1.Cl. The lowest BCUT2D eigenvalue weighted by molar-refractivity contribution is 0.354. The lowest BCUT2D eigenvalue weighted by atomic mass is 10.1. The molecule has 4 aromatic rings. The summed E-state index contributed by atoms with van der Waals surface area (Å²) < 4.78 is 35.9. The Kier molecular flexibility index (Phi) is 6.22. The average molecular weight is 471 g/mol. The van der Waals surface area contributed by atoms with Gasteiger partial charge in [-0.1, -0.05) is 53.9 Å². The molecule has 0 N–H and O–H groups in total. The minimum Gasteiger partial charge on any atom is -0.379 e. The van der Waals surface area contributed by atoms with Gasteiger partial charge < -0.3 is 8.71 Å². The molecule has 32 heavy (non-hydrogen) atoms. The third-order valence-electron chi connectivity index (χ3n) is 5.73. The Bertz CT molecular complexity index is 1340. The second-order valence-electron chi connectivity index (χ2n) is 8.01. The Balaban J connectivity index is 0.00000245. The monoisotopic (exact) mass is 470 g/mol. The zero-order valence-electron chi connectivity index (χ0n) is 17.5. The fraction of sp³-hybridized carbons (Fsp3) is 0.250. The molecule has 0 unspecified atom stereocenters. The minimum atomic E-state index is -3.89. The van der Waals surface area contributed by atoms with Crippen LogP contribution in [0.15, 0.2) is 70.1 Å². The van der Waals surface area contributed by atoms with Crippen LogP contribution in [0.2, 0.25) is 0 Å². The maximum atomic E-state index is 12.6. The van der Waals surface area contributed by atoms with Gasteiger partial charge in [-0.3, -0.25) is 0 Å². The van der Waals surface area contributed by atoms with E-state index in [2.05, 4.69) is 10.1 Å². The van der Waals surface area contributed by atoms with E-state index in [0.29, 0.717) is 11.7 Å². The van der Waals surface area contributed by atoms with Crippen molar-refractivity contribution in [3.63, 3.8) is 0 Å². The molecule has 3 aromatic carbocycles. The Morgan fingerprint density at radius 3 is 2.38 bits per heavy atom. The number of hydrogen-bond acceptors (Lipinski definition) is 6. The summed E-state index contributed by atoms with van der Waals surface area (Å²) in [6.07, 6.45) is 4.63. The van der Waals surface area contributed by atoms with Crippen molar-refractivity contribution in [2.24, 2.45) is 0 Å². The van der Waals surface area contributed by atoms with Crippen molar-refractivity contribution in [1.29, 1.82) is 0 Å². The minimum absolute atomic E-state index is 0. The van der Waals surface area contributed by atoms with Crippen LogP contribution in [0.1, 0.15) is 43.1 Å². The summed E-state index contributed by atoms with van der Waals surface area (Å²) in [6, 6.07) is 17.6. The van der Waals surface area contributed by atoms with Crippen molar-refractivity contribution in [2.45, 2.75) is 43.4 Å². The molecule has 1 aromatic heterocycles. The predicted molar refractivity (Wildman–Crippen MR) is 125 cm³/mol. The molecule has 6 nitrogen and oxygen atoms in total. The molecule has 8 heteroatoms. The van der Waals surface area contributed by atoms with Crippen LogP contribution in [0.4, 0.5) is 0 Å². The van der Waals surface area contributed by atoms with Crippen LogP contribution in [0.25, 0.3) is 22.2 Å². The normalized spacial score (nSPS) is 14.4. The standard InChI is InChI=1S/C24H22N2O4S.ClH/c1-16-6-12-22(13-7-16)31(27,28)30-21-11-10-18-14-20(9-8-19(18)15-21)23-25-24(29-26-23)17-4-2-3-5-17;/h6-15,17H,2-5H2,1H3;1H. The molecule has 1 aliphatic carbocycles. The quantitative estimate of drug-likeness (QED) is 0.330. The first kappa shape index (κ1) is 22.3. The van der Waals surface area contributed by atoms with Gasteiger partial charge in [0.1, 0.15) is 10.6 Å². The highest BCUT2D eigenvalue weighted by Crippen LogP contribution is 2.34. The van der Waals surface area contributed by atoms with Crippen molar-refractivity contribution in [1.82, 2.24) is 10.1 Å². The average Bonchev–Trinajstić information content (AvgIpc) is 3.45. The van der Waals surface area contributed by atoms with Crippen LogP contribution in [-0.4, -0.2) is 18.6 Å². The molecule has 1 heterocycles. The van der Waals surface area contributed by atoms with Crippen molar-refractivity contribution < 1.29 is 17.1 Å². The van der Waals surface area contributed by atoms with E-state index in [1.807, 2.05) is 31.2 Å². The highest BCUT2D eigenvalue weighted by atomic mass is 35.5. The molecule has 0 aliphatic heterocycles. The summed E-state index contributed by atoms with van der Waals surface area (Å²) in [4.78, 5) is 4.72. The number of benzene rings is 3. The molecule has 166 valence electrons.